The molecule has 0 fully saturated rings. The lowest BCUT2D eigenvalue weighted by molar-refractivity contribution is -0.143. The number of hydrogen-bond donors (Lipinski definition) is 3. The molecule has 0 aliphatic rings. The maximum Gasteiger partial charge on any atom is 0.326 e. The van der Waals surface area contributed by atoms with E-state index in [0.717, 1.165) is 0 Å². The standard InChI is InChI=1S/C14H26N2O4/c1-6-11(17)15-10(7-8(2)3)13(18)16-12(9(4)5)14(19)20/h8-10,12H,6-7H2,1-5H3,(H,15,17)(H,16,18)(H,19,20)/t10-,12-/m0/s1. The molecule has 0 aromatic carbocycles. The van der Waals surface area contributed by atoms with Crippen molar-refractivity contribution in [3.05, 3.63) is 0 Å². The predicted octanol–water partition coefficient (Wildman–Crippen LogP) is 1.15. The van der Waals surface area contributed by atoms with Crippen LogP contribution in [-0.2, 0) is 14.4 Å². The van der Waals surface area contributed by atoms with E-state index in [9.17, 15) is 14.4 Å². The summed E-state index contributed by atoms with van der Waals surface area (Å²) in [4.78, 5) is 34.7. The van der Waals surface area contributed by atoms with E-state index in [-0.39, 0.29) is 24.2 Å². The Bertz CT molecular complexity index is 353. The number of carbonyl (C=O) groups excluding carboxylic acids is 2. The van der Waals surface area contributed by atoms with Gasteiger partial charge in [0.25, 0.3) is 0 Å². The lowest BCUT2D eigenvalue weighted by Gasteiger charge is -2.24. The van der Waals surface area contributed by atoms with Gasteiger partial charge in [0.2, 0.25) is 11.8 Å². The highest BCUT2D eigenvalue weighted by atomic mass is 16.4. The Morgan fingerprint density at radius 1 is 1.05 bits per heavy atom. The van der Waals surface area contributed by atoms with E-state index in [4.69, 9.17) is 5.11 Å². The van der Waals surface area contributed by atoms with Crippen LogP contribution in [0.5, 0.6) is 0 Å². The maximum atomic E-state index is 12.2. The monoisotopic (exact) mass is 286 g/mol. The summed E-state index contributed by atoms with van der Waals surface area (Å²) in [6.07, 6.45) is 0.760. The molecule has 0 aromatic rings. The van der Waals surface area contributed by atoms with Gasteiger partial charge in [-0.2, -0.15) is 0 Å². The van der Waals surface area contributed by atoms with Crippen LogP contribution in [0.1, 0.15) is 47.5 Å². The molecule has 0 bridgehead atoms. The van der Waals surface area contributed by atoms with Crippen molar-refractivity contribution in [3.8, 4) is 0 Å². The quantitative estimate of drug-likeness (QED) is 0.624. The Morgan fingerprint density at radius 3 is 1.95 bits per heavy atom. The fraction of sp³-hybridized carbons (Fsp3) is 0.786. The number of carboxylic acids is 1. The molecular formula is C14H26N2O4. The Labute approximate surface area is 120 Å². The van der Waals surface area contributed by atoms with Crippen molar-refractivity contribution in [1.82, 2.24) is 10.6 Å². The van der Waals surface area contributed by atoms with Crippen LogP contribution in [0.25, 0.3) is 0 Å². The molecule has 0 heterocycles. The summed E-state index contributed by atoms with van der Waals surface area (Å²) >= 11 is 0. The third-order valence-corrected chi connectivity index (χ3v) is 2.91. The summed E-state index contributed by atoms with van der Waals surface area (Å²) in [5.41, 5.74) is 0. The van der Waals surface area contributed by atoms with E-state index in [2.05, 4.69) is 10.6 Å². The minimum Gasteiger partial charge on any atom is -0.480 e. The highest BCUT2D eigenvalue weighted by molar-refractivity contribution is 5.90. The molecule has 0 saturated carbocycles. The zero-order valence-electron chi connectivity index (χ0n) is 12.9. The van der Waals surface area contributed by atoms with E-state index in [1.54, 1.807) is 20.8 Å². The lowest BCUT2D eigenvalue weighted by Crippen LogP contribution is -2.53. The topological polar surface area (TPSA) is 95.5 Å². The van der Waals surface area contributed by atoms with Crippen molar-refractivity contribution < 1.29 is 19.5 Å². The van der Waals surface area contributed by atoms with Gasteiger partial charge < -0.3 is 15.7 Å². The summed E-state index contributed by atoms with van der Waals surface area (Å²) in [6, 6.07) is -1.64. The number of rotatable bonds is 8. The Balaban J connectivity index is 4.84. The zero-order chi connectivity index (χ0) is 15.9. The number of carboxylic acid groups (broad SMARTS) is 1. The van der Waals surface area contributed by atoms with Crippen molar-refractivity contribution in [2.75, 3.05) is 0 Å². The third kappa shape index (κ3) is 6.54. The highest BCUT2D eigenvalue weighted by Crippen LogP contribution is 2.08. The first kappa shape index (κ1) is 18.4. The molecular weight excluding hydrogens is 260 g/mol. The SMILES string of the molecule is CCC(=O)N[C@@H](CC(C)C)C(=O)N[C@H](C(=O)O)C(C)C. The van der Waals surface area contributed by atoms with Gasteiger partial charge in [-0.25, -0.2) is 4.79 Å². The summed E-state index contributed by atoms with van der Waals surface area (Å²) in [5.74, 6) is -1.74. The normalized spacial score (nSPS) is 13.9. The maximum absolute atomic E-state index is 12.2. The fourth-order valence-corrected chi connectivity index (χ4v) is 1.77. The van der Waals surface area contributed by atoms with Crippen LogP contribution in [-0.4, -0.2) is 35.0 Å². The molecule has 0 aliphatic heterocycles. The fourth-order valence-electron chi connectivity index (χ4n) is 1.77. The molecule has 0 saturated heterocycles. The molecule has 3 N–H and O–H groups in total. The van der Waals surface area contributed by atoms with E-state index < -0.39 is 24.0 Å². The van der Waals surface area contributed by atoms with E-state index in [1.165, 1.54) is 0 Å². The highest BCUT2D eigenvalue weighted by Gasteiger charge is 2.28. The van der Waals surface area contributed by atoms with Gasteiger partial charge in [0.15, 0.2) is 0 Å². The second-order valence-corrected chi connectivity index (χ2v) is 5.67. The number of amides is 2. The van der Waals surface area contributed by atoms with Gasteiger partial charge in [-0.3, -0.25) is 9.59 Å². The van der Waals surface area contributed by atoms with Gasteiger partial charge in [-0.05, 0) is 18.3 Å². The van der Waals surface area contributed by atoms with Crippen molar-refractivity contribution in [1.29, 1.82) is 0 Å². The first-order valence-corrected chi connectivity index (χ1v) is 7.01. The van der Waals surface area contributed by atoms with Crippen LogP contribution < -0.4 is 10.6 Å². The molecule has 0 rings (SSSR count). The first-order chi connectivity index (χ1) is 9.18. The van der Waals surface area contributed by atoms with Gasteiger partial charge in [0.05, 0.1) is 0 Å². The molecule has 0 aromatic heterocycles. The van der Waals surface area contributed by atoms with Crippen molar-refractivity contribution in [2.24, 2.45) is 11.8 Å². The van der Waals surface area contributed by atoms with Crippen LogP contribution >= 0.6 is 0 Å². The Hall–Kier alpha value is -1.59. The van der Waals surface area contributed by atoms with Crippen LogP contribution in [0.4, 0.5) is 0 Å². The summed E-state index contributed by atoms with van der Waals surface area (Å²) < 4.78 is 0. The number of hydrogen-bond acceptors (Lipinski definition) is 3. The molecule has 6 nitrogen and oxygen atoms in total. The van der Waals surface area contributed by atoms with E-state index in [1.807, 2.05) is 13.8 Å². The van der Waals surface area contributed by atoms with Crippen molar-refractivity contribution in [2.45, 2.75) is 59.5 Å². The average molecular weight is 286 g/mol. The predicted molar refractivity (Wildman–Crippen MR) is 76.1 cm³/mol. The molecule has 20 heavy (non-hydrogen) atoms. The largest absolute Gasteiger partial charge is 0.480 e. The summed E-state index contributed by atoms with van der Waals surface area (Å²) in [5, 5.41) is 14.2. The second kappa shape index (κ2) is 8.55. The first-order valence-electron chi connectivity index (χ1n) is 7.01. The molecule has 0 spiro atoms. The molecule has 0 aliphatic carbocycles. The smallest absolute Gasteiger partial charge is 0.326 e. The van der Waals surface area contributed by atoms with Crippen LogP contribution in [0.2, 0.25) is 0 Å². The van der Waals surface area contributed by atoms with E-state index in [0.29, 0.717) is 6.42 Å². The van der Waals surface area contributed by atoms with E-state index >= 15 is 0 Å². The van der Waals surface area contributed by atoms with Crippen molar-refractivity contribution in [3.63, 3.8) is 0 Å². The summed E-state index contributed by atoms with van der Waals surface area (Å²) in [6.45, 7) is 9.03. The van der Waals surface area contributed by atoms with Gasteiger partial charge in [-0.15, -0.1) is 0 Å². The minimum absolute atomic E-state index is 0.213. The van der Waals surface area contributed by atoms with Crippen LogP contribution in [0, 0.1) is 11.8 Å². The summed E-state index contributed by atoms with van der Waals surface area (Å²) in [7, 11) is 0. The lowest BCUT2D eigenvalue weighted by atomic mass is 10.0. The molecule has 2 atom stereocenters. The molecule has 0 unspecified atom stereocenters. The Morgan fingerprint density at radius 2 is 1.60 bits per heavy atom. The van der Waals surface area contributed by atoms with Gasteiger partial charge >= 0.3 is 5.97 Å². The molecule has 6 heteroatoms. The zero-order valence-corrected chi connectivity index (χ0v) is 12.9. The second-order valence-electron chi connectivity index (χ2n) is 5.67. The van der Waals surface area contributed by atoms with Gasteiger partial charge in [-0.1, -0.05) is 34.6 Å². The average Bonchev–Trinajstić information content (AvgIpc) is 2.33. The molecule has 0 radical (unpaired) electrons. The van der Waals surface area contributed by atoms with Gasteiger partial charge in [0.1, 0.15) is 12.1 Å². The number of aliphatic carboxylic acids is 1. The van der Waals surface area contributed by atoms with Crippen LogP contribution in [0.15, 0.2) is 0 Å². The molecule has 116 valence electrons. The Kier molecular flexibility index (Phi) is 7.87. The third-order valence-electron chi connectivity index (χ3n) is 2.91. The van der Waals surface area contributed by atoms with Crippen LogP contribution in [0.3, 0.4) is 0 Å². The van der Waals surface area contributed by atoms with Crippen molar-refractivity contribution >= 4 is 17.8 Å². The molecule has 2 amide bonds. The minimum atomic E-state index is -1.07. The number of carbonyl (C=O) groups is 3. The number of nitrogens with one attached hydrogen (secondary N) is 2. The van der Waals surface area contributed by atoms with Gasteiger partial charge in [0, 0.05) is 6.42 Å².